The van der Waals surface area contributed by atoms with Crippen molar-refractivity contribution in [1.29, 1.82) is 0 Å². The number of hydrogen-bond donors (Lipinski definition) is 1. The number of anilines is 1. The van der Waals surface area contributed by atoms with Gasteiger partial charge in [-0.05, 0) is 43.3 Å². The maximum Gasteiger partial charge on any atom is 0.322 e. The number of amides is 2. The highest BCUT2D eigenvalue weighted by Crippen LogP contribution is 2.30. The number of carbonyl (C=O) groups is 1. The Morgan fingerprint density at radius 1 is 1.23 bits per heavy atom. The predicted octanol–water partition coefficient (Wildman–Crippen LogP) is 4.59. The number of benzene rings is 2. The second kappa shape index (κ2) is 7.99. The van der Waals surface area contributed by atoms with Crippen LogP contribution in [0.5, 0.6) is 5.75 Å². The van der Waals surface area contributed by atoms with Crippen molar-refractivity contribution in [3.63, 3.8) is 0 Å². The van der Waals surface area contributed by atoms with Crippen molar-refractivity contribution < 1.29 is 13.9 Å². The summed E-state index contributed by atoms with van der Waals surface area (Å²) in [5.41, 5.74) is 2.50. The van der Waals surface area contributed by atoms with E-state index in [0.29, 0.717) is 43.4 Å². The maximum atomic E-state index is 13.2. The number of carbonyl (C=O) groups excluding carboxylic acids is 1. The zero-order valence-electron chi connectivity index (χ0n) is 16.8. The fourth-order valence-corrected chi connectivity index (χ4v) is 4.75. The van der Waals surface area contributed by atoms with Crippen LogP contribution in [0.15, 0.2) is 48.5 Å². The fourth-order valence-electron chi connectivity index (χ4n) is 3.63. The molecule has 0 radical (unpaired) electrons. The molecule has 5 rings (SSSR count). The first-order valence-corrected chi connectivity index (χ1v) is 10.8. The SMILES string of the molecule is CCOc1ccccc1NC(=O)N1CCc2c(sc3nc(-c4ccc(F)cc4)nn23)C1. The second-order valence-corrected chi connectivity index (χ2v) is 8.20. The van der Waals surface area contributed by atoms with Gasteiger partial charge in [0.25, 0.3) is 0 Å². The number of halogens is 1. The van der Waals surface area contributed by atoms with Gasteiger partial charge in [0.1, 0.15) is 11.6 Å². The molecule has 2 aromatic carbocycles. The van der Waals surface area contributed by atoms with Gasteiger partial charge in [0.2, 0.25) is 4.96 Å². The number of urea groups is 1. The van der Waals surface area contributed by atoms with Crippen LogP contribution in [0.25, 0.3) is 16.3 Å². The van der Waals surface area contributed by atoms with Gasteiger partial charge in [0, 0.05) is 23.4 Å². The summed E-state index contributed by atoms with van der Waals surface area (Å²) in [7, 11) is 0. The van der Waals surface area contributed by atoms with E-state index in [1.807, 2.05) is 35.7 Å². The molecular formula is C22H20FN5O2S. The topological polar surface area (TPSA) is 71.8 Å². The summed E-state index contributed by atoms with van der Waals surface area (Å²) >= 11 is 1.53. The van der Waals surface area contributed by atoms with Gasteiger partial charge >= 0.3 is 6.03 Å². The number of aromatic nitrogens is 3. The molecule has 0 saturated carbocycles. The van der Waals surface area contributed by atoms with Crippen LogP contribution in [0, 0.1) is 5.82 Å². The molecule has 0 unspecified atom stereocenters. The lowest BCUT2D eigenvalue weighted by molar-refractivity contribution is 0.206. The monoisotopic (exact) mass is 437 g/mol. The summed E-state index contributed by atoms with van der Waals surface area (Å²) in [5.74, 6) is 0.939. The molecule has 0 fully saturated rings. The van der Waals surface area contributed by atoms with E-state index >= 15 is 0 Å². The molecule has 7 nitrogen and oxygen atoms in total. The standard InChI is InChI=1S/C22H20FN5O2S/c1-2-30-18-6-4-3-5-16(18)24-21(29)27-12-11-17-19(13-27)31-22-25-20(26-28(17)22)14-7-9-15(23)10-8-14/h3-10H,2,11-13H2,1H3,(H,24,29). The Morgan fingerprint density at radius 2 is 2.03 bits per heavy atom. The van der Waals surface area contributed by atoms with E-state index in [-0.39, 0.29) is 11.8 Å². The molecular weight excluding hydrogens is 417 g/mol. The number of thiazole rings is 1. The molecule has 2 amide bonds. The number of ether oxygens (including phenoxy) is 1. The molecule has 0 spiro atoms. The first-order chi connectivity index (χ1) is 15.1. The van der Waals surface area contributed by atoms with E-state index in [4.69, 9.17) is 4.74 Å². The van der Waals surface area contributed by atoms with Gasteiger partial charge < -0.3 is 15.0 Å². The van der Waals surface area contributed by atoms with Crippen molar-refractivity contribution in [2.45, 2.75) is 19.9 Å². The van der Waals surface area contributed by atoms with E-state index in [1.54, 1.807) is 17.0 Å². The smallest absolute Gasteiger partial charge is 0.322 e. The van der Waals surface area contributed by atoms with E-state index in [2.05, 4.69) is 15.4 Å². The number of para-hydroxylation sites is 2. The lowest BCUT2D eigenvalue weighted by atomic mass is 10.2. The normalized spacial score (nSPS) is 13.3. The number of fused-ring (bicyclic) bond motifs is 3. The Hall–Kier alpha value is -3.46. The molecule has 1 aliphatic rings. The summed E-state index contributed by atoms with van der Waals surface area (Å²) in [6, 6.07) is 13.4. The molecule has 0 saturated heterocycles. The van der Waals surface area contributed by atoms with Crippen LogP contribution in [-0.4, -0.2) is 38.7 Å². The summed E-state index contributed by atoms with van der Waals surface area (Å²) in [6.07, 6.45) is 0.683. The Balaban J connectivity index is 1.34. The van der Waals surface area contributed by atoms with Crippen LogP contribution in [0.4, 0.5) is 14.9 Å². The third kappa shape index (κ3) is 3.72. The molecule has 158 valence electrons. The van der Waals surface area contributed by atoms with Crippen molar-refractivity contribution in [1.82, 2.24) is 19.5 Å². The van der Waals surface area contributed by atoms with E-state index < -0.39 is 0 Å². The van der Waals surface area contributed by atoms with Crippen LogP contribution in [0.2, 0.25) is 0 Å². The van der Waals surface area contributed by atoms with E-state index in [1.165, 1.54) is 23.5 Å². The van der Waals surface area contributed by atoms with Gasteiger partial charge in [-0.1, -0.05) is 23.5 Å². The van der Waals surface area contributed by atoms with E-state index in [9.17, 15) is 9.18 Å². The average Bonchev–Trinajstić information content (AvgIpc) is 3.33. The van der Waals surface area contributed by atoms with Gasteiger partial charge in [-0.25, -0.2) is 13.7 Å². The third-order valence-corrected chi connectivity index (χ3v) is 6.20. The summed E-state index contributed by atoms with van der Waals surface area (Å²) in [6.45, 7) is 3.52. The second-order valence-electron chi connectivity index (χ2n) is 7.14. The lowest BCUT2D eigenvalue weighted by Crippen LogP contribution is -2.38. The average molecular weight is 438 g/mol. The minimum absolute atomic E-state index is 0.163. The summed E-state index contributed by atoms with van der Waals surface area (Å²) < 4.78 is 20.6. The zero-order valence-corrected chi connectivity index (χ0v) is 17.7. The van der Waals surface area contributed by atoms with Crippen molar-refractivity contribution >= 4 is 28.0 Å². The minimum atomic E-state index is -0.288. The van der Waals surface area contributed by atoms with E-state index in [0.717, 1.165) is 21.1 Å². The van der Waals surface area contributed by atoms with Gasteiger partial charge in [-0.2, -0.15) is 4.98 Å². The first-order valence-electron chi connectivity index (χ1n) is 10.0. The molecule has 0 aliphatic carbocycles. The van der Waals surface area contributed by atoms with Crippen LogP contribution >= 0.6 is 11.3 Å². The molecule has 3 heterocycles. The molecule has 4 aromatic rings. The molecule has 1 N–H and O–H groups in total. The number of hydrogen-bond acceptors (Lipinski definition) is 5. The Kier molecular flexibility index (Phi) is 5.03. The molecule has 1 aliphatic heterocycles. The van der Waals surface area contributed by atoms with Crippen molar-refractivity contribution in [2.24, 2.45) is 0 Å². The fraction of sp³-hybridized carbons (Fsp3) is 0.227. The number of nitrogens with zero attached hydrogens (tertiary/aromatic N) is 4. The number of rotatable bonds is 4. The highest BCUT2D eigenvalue weighted by atomic mass is 32.1. The maximum absolute atomic E-state index is 13.2. The molecule has 0 bridgehead atoms. The predicted molar refractivity (Wildman–Crippen MR) is 117 cm³/mol. The Labute approximate surface area is 182 Å². The number of nitrogens with one attached hydrogen (secondary N) is 1. The Bertz CT molecular complexity index is 1250. The van der Waals surface area contributed by atoms with Gasteiger partial charge in [0.15, 0.2) is 5.82 Å². The first kappa shape index (κ1) is 19.5. The largest absolute Gasteiger partial charge is 0.492 e. The highest BCUT2D eigenvalue weighted by molar-refractivity contribution is 7.17. The van der Waals surface area contributed by atoms with Crippen molar-refractivity contribution in [3.8, 4) is 17.1 Å². The summed E-state index contributed by atoms with van der Waals surface area (Å²) in [5, 5.41) is 7.57. The summed E-state index contributed by atoms with van der Waals surface area (Å²) in [4.78, 5) is 21.1. The van der Waals surface area contributed by atoms with Crippen molar-refractivity contribution in [3.05, 3.63) is 64.9 Å². The van der Waals surface area contributed by atoms with Crippen LogP contribution in [0.3, 0.4) is 0 Å². The van der Waals surface area contributed by atoms with Crippen molar-refractivity contribution in [2.75, 3.05) is 18.5 Å². The molecule has 9 heteroatoms. The van der Waals surface area contributed by atoms with Gasteiger partial charge in [-0.3, -0.25) is 0 Å². The van der Waals surface area contributed by atoms with Gasteiger partial charge in [0.05, 0.1) is 24.5 Å². The third-order valence-electron chi connectivity index (χ3n) is 5.14. The van der Waals surface area contributed by atoms with Crippen LogP contribution in [0.1, 0.15) is 17.5 Å². The van der Waals surface area contributed by atoms with Gasteiger partial charge in [-0.15, -0.1) is 5.10 Å². The molecule has 0 atom stereocenters. The Morgan fingerprint density at radius 3 is 2.84 bits per heavy atom. The molecule has 31 heavy (non-hydrogen) atoms. The zero-order chi connectivity index (χ0) is 21.4. The van der Waals surface area contributed by atoms with Crippen LogP contribution in [-0.2, 0) is 13.0 Å². The molecule has 2 aromatic heterocycles. The highest BCUT2D eigenvalue weighted by Gasteiger charge is 2.26. The lowest BCUT2D eigenvalue weighted by Gasteiger charge is -2.27. The quantitative estimate of drug-likeness (QED) is 0.507. The van der Waals surface area contributed by atoms with Crippen LogP contribution < -0.4 is 10.1 Å². The minimum Gasteiger partial charge on any atom is -0.492 e.